The second-order valence-electron chi connectivity index (χ2n) is 5.52. The van der Waals surface area contributed by atoms with Crippen LogP contribution in [-0.4, -0.2) is 35.6 Å². The van der Waals surface area contributed by atoms with Gasteiger partial charge in [0.25, 0.3) is 0 Å². The summed E-state index contributed by atoms with van der Waals surface area (Å²) in [5, 5.41) is 8.94. The molecule has 122 valence electrons. The first kappa shape index (κ1) is 19.9. The molecule has 1 N–H and O–H groups in total. The van der Waals surface area contributed by atoms with Crippen LogP contribution in [0.1, 0.15) is 65.2 Å². The molecule has 0 aromatic rings. The highest BCUT2D eigenvalue weighted by Gasteiger charge is 2.05. The van der Waals surface area contributed by atoms with Crippen molar-refractivity contribution in [1.82, 2.24) is 4.90 Å². The number of carboxylic acids is 1. The third-order valence-electron chi connectivity index (χ3n) is 3.37. The van der Waals surface area contributed by atoms with Crippen LogP contribution < -0.4 is 0 Å². The SMILES string of the molecule is CCCCC/C=C\CN(C/C=C/CCCCC)CC(=O)O. The van der Waals surface area contributed by atoms with Gasteiger partial charge in [0.15, 0.2) is 0 Å². The molecular weight excluding hydrogens is 262 g/mol. The number of unbranched alkanes of at least 4 members (excludes halogenated alkanes) is 6. The van der Waals surface area contributed by atoms with Gasteiger partial charge in [0.05, 0.1) is 6.54 Å². The molecule has 0 aliphatic carbocycles. The number of carboxylic acid groups (broad SMARTS) is 1. The fourth-order valence-electron chi connectivity index (χ4n) is 2.10. The lowest BCUT2D eigenvalue weighted by Gasteiger charge is -2.15. The molecule has 0 aliphatic rings. The van der Waals surface area contributed by atoms with Crippen LogP contribution in [0.5, 0.6) is 0 Å². The Morgan fingerprint density at radius 2 is 1.33 bits per heavy atom. The summed E-state index contributed by atoms with van der Waals surface area (Å²) in [6, 6.07) is 0. The third-order valence-corrected chi connectivity index (χ3v) is 3.37. The molecule has 21 heavy (non-hydrogen) atoms. The number of rotatable bonds is 14. The average Bonchev–Trinajstić information content (AvgIpc) is 2.45. The minimum Gasteiger partial charge on any atom is -0.480 e. The molecule has 0 saturated carbocycles. The summed E-state index contributed by atoms with van der Waals surface area (Å²) >= 11 is 0. The first-order valence-corrected chi connectivity index (χ1v) is 8.44. The topological polar surface area (TPSA) is 40.5 Å². The molecule has 0 radical (unpaired) electrons. The molecule has 0 spiro atoms. The van der Waals surface area contributed by atoms with Crippen LogP contribution in [0.15, 0.2) is 24.3 Å². The Hall–Kier alpha value is -1.09. The Bertz CT molecular complexity index is 276. The number of allylic oxidation sites excluding steroid dienone is 2. The van der Waals surface area contributed by atoms with Gasteiger partial charge < -0.3 is 5.11 Å². The van der Waals surface area contributed by atoms with Gasteiger partial charge in [-0.25, -0.2) is 0 Å². The maximum atomic E-state index is 10.9. The van der Waals surface area contributed by atoms with Crippen LogP contribution >= 0.6 is 0 Å². The second-order valence-corrected chi connectivity index (χ2v) is 5.52. The standard InChI is InChI=1S/C18H33NO2/c1-3-5-7-9-11-13-15-19(17-18(20)21)16-14-12-10-8-6-4-2/h11-14H,3-10,15-17H2,1-2H3,(H,20,21)/b13-11-,14-12+. The molecule has 3 heteroatoms. The molecule has 0 heterocycles. The quantitative estimate of drug-likeness (QED) is 0.375. The molecule has 3 nitrogen and oxygen atoms in total. The van der Waals surface area contributed by atoms with E-state index in [9.17, 15) is 4.79 Å². The van der Waals surface area contributed by atoms with E-state index in [2.05, 4.69) is 38.2 Å². The summed E-state index contributed by atoms with van der Waals surface area (Å²) in [7, 11) is 0. The fraction of sp³-hybridized carbons (Fsp3) is 0.722. The fourth-order valence-corrected chi connectivity index (χ4v) is 2.10. The summed E-state index contributed by atoms with van der Waals surface area (Å²) in [4.78, 5) is 12.8. The summed E-state index contributed by atoms with van der Waals surface area (Å²) in [5.41, 5.74) is 0. The lowest BCUT2D eigenvalue weighted by molar-refractivity contribution is -0.138. The summed E-state index contributed by atoms with van der Waals surface area (Å²) in [5.74, 6) is -0.756. The maximum Gasteiger partial charge on any atom is 0.317 e. The van der Waals surface area contributed by atoms with Crippen molar-refractivity contribution in [1.29, 1.82) is 0 Å². The van der Waals surface area contributed by atoms with Crippen molar-refractivity contribution in [2.24, 2.45) is 0 Å². The third kappa shape index (κ3) is 15.1. The van der Waals surface area contributed by atoms with Crippen molar-refractivity contribution < 1.29 is 9.90 Å². The van der Waals surface area contributed by atoms with Crippen molar-refractivity contribution in [3.05, 3.63) is 24.3 Å². The molecule has 0 unspecified atom stereocenters. The lowest BCUT2D eigenvalue weighted by atomic mass is 10.2. The lowest BCUT2D eigenvalue weighted by Crippen LogP contribution is -2.30. The van der Waals surface area contributed by atoms with Gasteiger partial charge in [-0.05, 0) is 25.7 Å². The van der Waals surface area contributed by atoms with Crippen LogP contribution in [0, 0.1) is 0 Å². The molecule has 0 rings (SSSR count). The van der Waals surface area contributed by atoms with E-state index >= 15 is 0 Å². The van der Waals surface area contributed by atoms with Crippen molar-refractivity contribution >= 4 is 5.97 Å². The van der Waals surface area contributed by atoms with Gasteiger partial charge in [0, 0.05) is 13.1 Å². The largest absolute Gasteiger partial charge is 0.480 e. The van der Waals surface area contributed by atoms with E-state index in [4.69, 9.17) is 5.11 Å². The number of aliphatic carboxylic acids is 1. The van der Waals surface area contributed by atoms with Gasteiger partial charge in [-0.3, -0.25) is 9.69 Å². The van der Waals surface area contributed by atoms with Gasteiger partial charge in [-0.2, -0.15) is 0 Å². The zero-order chi connectivity index (χ0) is 15.8. The summed E-state index contributed by atoms with van der Waals surface area (Å²) < 4.78 is 0. The van der Waals surface area contributed by atoms with Crippen molar-refractivity contribution in [2.45, 2.75) is 65.2 Å². The van der Waals surface area contributed by atoms with E-state index in [1.54, 1.807) is 0 Å². The predicted molar refractivity (Wildman–Crippen MR) is 90.6 cm³/mol. The van der Waals surface area contributed by atoms with Crippen LogP contribution in [0.2, 0.25) is 0 Å². The predicted octanol–water partition coefficient (Wildman–Crippen LogP) is 4.65. The highest BCUT2D eigenvalue weighted by atomic mass is 16.4. The van der Waals surface area contributed by atoms with Gasteiger partial charge in [-0.1, -0.05) is 63.8 Å². The Morgan fingerprint density at radius 3 is 1.71 bits per heavy atom. The van der Waals surface area contributed by atoms with E-state index in [1.807, 2.05) is 4.90 Å². The van der Waals surface area contributed by atoms with E-state index < -0.39 is 5.97 Å². The van der Waals surface area contributed by atoms with Gasteiger partial charge in [0.1, 0.15) is 0 Å². The van der Waals surface area contributed by atoms with Crippen molar-refractivity contribution in [3.63, 3.8) is 0 Å². The minimum absolute atomic E-state index is 0.110. The molecule has 0 aromatic carbocycles. The molecule has 0 atom stereocenters. The highest BCUT2D eigenvalue weighted by Crippen LogP contribution is 2.01. The number of nitrogens with zero attached hydrogens (tertiary/aromatic N) is 1. The molecule has 0 aliphatic heterocycles. The summed E-state index contributed by atoms with van der Waals surface area (Å²) in [6.07, 6.45) is 18.2. The van der Waals surface area contributed by atoms with Crippen molar-refractivity contribution in [2.75, 3.05) is 19.6 Å². The zero-order valence-electron chi connectivity index (χ0n) is 13.9. The molecule has 0 bridgehead atoms. The van der Waals surface area contributed by atoms with E-state index in [0.29, 0.717) is 0 Å². The number of carbonyl (C=O) groups is 1. The Labute approximate surface area is 130 Å². The van der Waals surface area contributed by atoms with E-state index in [1.165, 1.54) is 38.5 Å². The minimum atomic E-state index is -0.756. The van der Waals surface area contributed by atoms with Crippen LogP contribution in [0.25, 0.3) is 0 Å². The molecule has 0 amide bonds. The smallest absolute Gasteiger partial charge is 0.317 e. The van der Waals surface area contributed by atoms with Crippen LogP contribution in [0.4, 0.5) is 0 Å². The first-order valence-electron chi connectivity index (χ1n) is 8.44. The number of hydrogen-bond donors (Lipinski definition) is 1. The average molecular weight is 295 g/mol. The number of hydrogen-bond acceptors (Lipinski definition) is 2. The Kier molecular flexibility index (Phi) is 14.5. The van der Waals surface area contributed by atoms with Gasteiger partial charge >= 0.3 is 5.97 Å². The Balaban J connectivity index is 3.93. The highest BCUT2D eigenvalue weighted by molar-refractivity contribution is 5.69. The summed E-state index contributed by atoms with van der Waals surface area (Å²) in [6.45, 7) is 5.95. The van der Waals surface area contributed by atoms with E-state index in [-0.39, 0.29) is 6.54 Å². The molecular formula is C18H33NO2. The molecule has 0 aromatic heterocycles. The van der Waals surface area contributed by atoms with Crippen LogP contribution in [-0.2, 0) is 4.79 Å². The molecule has 0 fully saturated rings. The second kappa shape index (κ2) is 15.3. The van der Waals surface area contributed by atoms with E-state index in [0.717, 1.165) is 25.9 Å². The monoisotopic (exact) mass is 295 g/mol. The normalized spacial score (nSPS) is 12.0. The van der Waals surface area contributed by atoms with Crippen molar-refractivity contribution in [3.8, 4) is 0 Å². The molecule has 0 saturated heterocycles. The Morgan fingerprint density at radius 1 is 0.857 bits per heavy atom. The maximum absolute atomic E-state index is 10.9. The zero-order valence-corrected chi connectivity index (χ0v) is 13.9. The van der Waals surface area contributed by atoms with Crippen LogP contribution in [0.3, 0.4) is 0 Å². The van der Waals surface area contributed by atoms with Gasteiger partial charge in [-0.15, -0.1) is 0 Å². The first-order chi connectivity index (χ1) is 10.2. The van der Waals surface area contributed by atoms with Gasteiger partial charge in [0.2, 0.25) is 0 Å².